The number of phenolic OH excluding ortho intramolecular Hbond substituents is 1. The standard InChI is InChI=1S/C16H12BrClN2O3/c17-10-3-7(4-11(18)14(10)21)6-19-20-15(22)12-8-1-2-9(5-8)13(12)16(20)23/h1-4,6,8-9,12-13,21H,5H2/t8-,9-,12-,13+/m0/s1. The van der Waals surface area contributed by atoms with Gasteiger partial charge in [-0.2, -0.15) is 10.1 Å². The number of hydrazone groups is 1. The van der Waals surface area contributed by atoms with Crippen molar-refractivity contribution in [2.24, 2.45) is 28.8 Å². The first-order chi connectivity index (χ1) is 11.0. The molecule has 1 heterocycles. The van der Waals surface area contributed by atoms with Gasteiger partial charge in [-0.05, 0) is 51.9 Å². The van der Waals surface area contributed by atoms with Crippen molar-refractivity contribution in [2.45, 2.75) is 6.42 Å². The maximum Gasteiger partial charge on any atom is 0.254 e. The van der Waals surface area contributed by atoms with Gasteiger partial charge in [0.25, 0.3) is 11.8 Å². The fourth-order valence-electron chi connectivity index (χ4n) is 3.78. The number of nitrogens with zero attached hydrogens (tertiary/aromatic N) is 2. The van der Waals surface area contributed by atoms with Crippen LogP contribution >= 0.6 is 27.5 Å². The van der Waals surface area contributed by atoms with Crippen LogP contribution in [0.25, 0.3) is 0 Å². The molecule has 118 valence electrons. The highest BCUT2D eigenvalue weighted by Gasteiger charge is 2.59. The summed E-state index contributed by atoms with van der Waals surface area (Å²) in [5, 5.41) is 14.8. The first-order valence-corrected chi connectivity index (χ1v) is 8.42. The van der Waals surface area contributed by atoms with Crippen LogP contribution in [-0.2, 0) is 9.59 Å². The lowest BCUT2D eigenvalue weighted by molar-refractivity contribution is -0.140. The average Bonchev–Trinajstić information content (AvgIpc) is 3.18. The number of halogens is 2. The van der Waals surface area contributed by atoms with Gasteiger partial charge in [0.2, 0.25) is 0 Å². The van der Waals surface area contributed by atoms with Crippen molar-refractivity contribution in [3.63, 3.8) is 0 Å². The summed E-state index contributed by atoms with van der Waals surface area (Å²) in [5.74, 6) is -0.698. The second kappa shape index (κ2) is 5.18. The molecule has 2 fully saturated rings. The van der Waals surface area contributed by atoms with Crippen molar-refractivity contribution in [1.82, 2.24) is 5.01 Å². The van der Waals surface area contributed by atoms with E-state index in [0.29, 0.717) is 10.0 Å². The molecule has 2 aliphatic carbocycles. The third kappa shape index (κ3) is 2.16. The number of hydrogen-bond donors (Lipinski definition) is 1. The van der Waals surface area contributed by atoms with Crippen LogP contribution in [0.2, 0.25) is 5.02 Å². The minimum atomic E-state index is -0.259. The Morgan fingerprint density at radius 2 is 1.83 bits per heavy atom. The lowest BCUT2D eigenvalue weighted by Gasteiger charge is -2.13. The van der Waals surface area contributed by atoms with Crippen LogP contribution < -0.4 is 0 Å². The first-order valence-electron chi connectivity index (χ1n) is 7.25. The van der Waals surface area contributed by atoms with Gasteiger partial charge in [-0.1, -0.05) is 23.8 Å². The van der Waals surface area contributed by atoms with Crippen LogP contribution in [-0.4, -0.2) is 28.1 Å². The highest BCUT2D eigenvalue weighted by molar-refractivity contribution is 9.10. The summed E-state index contributed by atoms with van der Waals surface area (Å²) in [6, 6.07) is 3.13. The average molecular weight is 396 g/mol. The summed E-state index contributed by atoms with van der Waals surface area (Å²) >= 11 is 9.08. The third-order valence-electron chi connectivity index (χ3n) is 4.81. The number of rotatable bonds is 2. The minimum absolute atomic E-state index is 0.0608. The van der Waals surface area contributed by atoms with Gasteiger partial charge >= 0.3 is 0 Å². The number of aromatic hydroxyl groups is 1. The van der Waals surface area contributed by atoms with Gasteiger partial charge < -0.3 is 5.11 Å². The molecule has 1 saturated heterocycles. The number of benzene rings is 1. The van der Waals surface area contributed by atoms with Crippen molar-refractivity contribution in [1.29, 1.82) is 0 Å². The fourth-order valence-corrected chi connectivity index (χ4v) is 4.60. The number of amides is 2. The lowest BCUT2D eigenvalue weighted by Crippen LogP contribution is -2.28. The molecule has 2 bridgehead atoms. The van der Waals surface area contributed by atoms with Crippen molar-refractivity contribution in [3.8, 4) is 5.75 Å². The zero-order valence-corrected chi connectivity index (χ0v) is 14.2. The third-order valence-corrected chi connectivity index (χ3v) is 5.70. The first kappa shape index (κ1) is 14.9. The smallest absolute Gasteiger partial charge is 0.254 e. The molecule has 0 aromatic heterocycles. The molecule has 1 aromatic carbocycles. The van der Waals surface area contributed by atoms with Crippen LogP contribution in [0.1, 0.15) is 12.0 Å². The molecular formula is C16H12BrClN2O3. The van der Waals surface area contributed by atoms with Gasteiger partial charge in [-0.25, -0.2) is 0 Å². The summed E-state index contributed by atoms with van der Waals surface area (Å²) in [4.78, 5) is 25.0. The van der Waals surface area contributed by atoms with E-state index in [1.54, 1.807) is 6.07 Å². The zero-order chi connectivity index (χ0) is 16.3. The molecule has 5 nitrogen and oxygen atoms in total. The Morgan fingerprint density at radius 3 is 2.39 bits per heavy atom. The van der Waals surface area contributed by atoms with E-state index in [1.165, 1.54) is 12.3 Å². The molecule has 4 rings (SSSR count). The van der Waals surface area contributed by atoms with E-state index >= 15 is 0 Å². The maximum atomic E-state index is 12.5. The number of carbonyl (C=O) groups excluding carboxylic acids is 2. The van der Waals surface area contributed by atoms with E-state index in [-0.39, 0.29) is 46.3 Å². The van der Waals surface area contributed by atoms with E-state index < -0.39 is 0 Å². The summed E-state index contributed by atoms with van der Waals surface area (Å²) in [7, 11) is 0. The Kier molecular flexibility index (Phi) is 3.35. The predicted octanol–water partition coefficient (Wildman–Crippen LogP) is 2.95. The predicted molar refractivity (Wildman–Crippen MR) is 88.0 cm³/mol. The van der Waals surface area contributed by atoms with Crippen LogP contribution in [0.4, 0.5) is 0 Å². The van der Waals surface area contributed by atoms with Gasteiger partial charge in [-0.15, -0.1) is 0 Å². The molecule has 2 amide bonds. The molecule has 4 atom stereocenters. The second-order valence-electron chi connectivity index (χ2n) is 6.07. The van der Waals surface area contributed by atoms with Crippen LogP contribution in [0.5, 0.6) is 5.75 Å². The molecule has 1 saturated carbocycles. The largest absolute Gasteiger partial charge is 0.505 e. The zero-order valence-electron chi connectivity index (χ0n) is 11.8. The summed E-state index contributed by atoms with van der Waals surface area (Å²) in [6.07, 6.45) is 6.38. The molecular weight excluding hydrogens is 384 g/mol. The second-order valence-corrected chi connectivity index (χ2v) is 7.33. The SMILES string of the molecule is O=C1[C@@H]2[C@H](C(=O)N1N=Cc1cc(Cl)c(O)c(Br)c1)[C@H]1C=C[C@H]2C1. The van der Waals surface area contributed by atoms with Gasteiger partial charge in [0.1, 0.15) is 5.75 Å². The number of imide groups is 1. The Hall–Kier alpha value is -1.66. The molecule has 3 aliphatic rings. The number of hydrogen-bond acceptors (Lipinski definition) is 4. The minimum Gasteiger partial charge on any atom is -0.505 e. The number of carbonyl (C=O) groups is 2. The van der Waals surface area contributed by atoms with Crippen molar-refractivity contribution in [2.75, 3.05) is 0 Å². The molecule has 1 aromatic rings. The van der Waals surface area contributed by atoms with Gasteiger partial charge in [0.15, 0.2) is 0 Å². The molecule has 0 radical (unpaired) electrons. The van der Waals surface area contributed by atoms with E-state index in [9.17, 15) is 14.7 Å². The highest BCUT2D eigenvalue weighted by atomic mass is 79.9. The van der Waals surface area contributed by atoms with Crippen LogP contribution in [0, 0.1) is 23.7 Å². The summed E-state index contributed by atoms with van der Waals surface area (Å²) in [5.41, 5.74) is 0.582. The van der Waals surface area contributed by atoms with E-state index in [4.69, 9.17) is 11.6 Å². The van der Waals surface area contributed by atoms with Crippen molar-refractivity contribution >= 4 is 45.6 Å². The van der Waals surface area contributed by atoms with Crippen molar-refractivity contribution in [3.05, 3.63) is 39.3 Å². The molecule has 0 spiro atoms. The molecule has 0 unspecified atom stereocenters. The quantitative estimate of drug-likeness (QED) is 0.475. The Morgan fingerprint density at radius 1 is 1.22 bits per heavy atom. The molecule has 7 heteroatoms. The number of phenols is 1. The van der Waals surface area contributed by atoms with Gasteiger partial charge in [0, 0.05) is 0 Å². The molecule has 1 aliphatic heterocycles. The Bertz CT molecular complexity index is 739. The van der Waals surface area contributed by atoms with Gasteiger partial charge in [-0.3, -0.25) is 9.59 Å². The summed E-state index contributed by atoms with van der Waals surface area (Å²) in [6.45, 7) is 0. The molecule has 1 N–H and O–H groups in total. The number of allylic oxidation sites excluding steroid dienone is 2. The highest BCUT2D eigenvalue weighted by Crippen LogP contribution is 2.52. The number of fused-ring (bicyclic) bond motifs is 5. The normalized spacial score (nSPS) is 31.7. The van der Waals surface area contributed by atoms with Crippen molar-refractivity contribution < 1.29 is 14.7 Å². The van der Waals surface area contributed by atoms with Crippen LogP contribution in [0.15, 0.2) is 33.9 Å². The molecule has 23 heavy (non-hydrogen) atoms. The summed E-state index contributed by atoms with van der Waals surface area (Å²) < 4.78 is 0.421. The van der Waals surface area contributed by atoms with E-state index in [0.717, 1.165) is 11.4 Å². The fraction of sp³-hybridized carbons (Fsp3) is 0.312. The monoisotopic (exact) mass is 394 g/mol. The van der Waals surface area contributed by atoms with Crippen LogP contribution in [0.3, 0.4) is 0 Å². The van der Waals surface area contributed by atoms with E-state index in [2.05, 4.69) is 21.0 Å². The topological polar surface area (TPSA) is 70.0 Å². The lowest BCUT2D eigenvalue weighted by atomic mass is 9.85. The van der Waals surface area contributed by atoms with E-state index in [1.807, 2.05) is 12.2 Å². The Balaban J connectivity index is 1.60. The maximum absolute atomic E-state index is 12.5. The Labute approximate surface area is 145 Å². The van der Waals surface area contributed by atoms with Gasteiger partial charge in [0.05, 0.1) is 27.5 Å².